The van der Waals surface area contributed by atoms with E-state index in [1.165, 1.54) is 0 Å². The van der Waals surface area contributed by atoms with Gasteiger partial charge in [-0.3, -0.25) is 0 Å². The van der Waals surface area contributed by atoms with Gasteiger partial charge in [0.05, 0.1) is 12.3 Å². The Morgan fingerprint density at radius 3 is 3.00 bits per heavy atom. The van der Waals surface area contributed by atoms with Gasteiger partial charge >= 0.3 is 0 Å². The molecule has 1 aromatic carbocycles. The summed E-state index contributed by atoms with van der Waals surface area (Å²) in [5, 5.41) is 3.06. The molecule has 0 saturated carbocycles. The lowest BCUT2D eigenvalue weighted by atomic mass is 10.2. The van der Waals surface area contributed by atoms with Gasteiger partial charge in [-0.25, -0.2) is 4.98 Å². The van der Waals surface area contributed by atoms with Gasteiger partial charge in [0.2, 0.25) is 0 Å². The van der Waals surface area contributed by atoms with Gasteiger partial charge < -0.3 is 4.74 Å². The second-order valence-electron chi connectivity index (χ2n) is 3.26. The van der Waals surface area contributed by atoms with Crippen LogP contribution in [0.1, 0.15) is 12.6 Å². The number of rotatable bonds is 4. The molecule has 0 aliphatic carbocycles. The smallest absolute Gasteiger partial charge is 0.123 e. The molecule has 0 saturated heterocycles. The Balaban J connectivity index is 2.28. The van der Waals surface area contributed by atoms with Crippen LogP contribution in [0.5, 0.6) is 5.75 Å². The summed E-state index contributed by atoms with van der Waals surface area (Å²) in [6, 6.07) is 8.01. The normalized spacial score (nSPS) is 10.4. The molecule has 0 aliphatic rings. The minimum atomic E-state index is 0.682. The summed E-state index contributed by atoms with van der Waals surface area (Å²) in [4.78, 5) is 4.49. The van der Waals surface area contributed by atoms with Crippen molar-refractivity contribution in [2.75, 3.05) is 6.61 Å². The number of hydrogen-bond donors (Lipinski definition) is 1. The van der Waals surface area contributed by atoms with Gasteiger partial charge in [0.1, 0.15) is 10.8 Å². The Bertz CT molecular complexity index is 468. The maximum Gasteiger partial charge on any atom is 0.123 e. The lowest BCUT2D eigenvalue weighted by Crippen LogP contribution is -1.91. The summed E-state index contributed by atoms with van der Waals surface area (Å²) in [6.07, 6.45) is 0. The summed E-state index contributed by atoms with van der Waals surface area (Å²) in [5.74, 6) is 1.57. The molecule has 1 aromatic heterocycles. The van der Waals surface area contributed by atoms with Crippen molar-refractivity contribution in [3.8, 4) is 16.3 Å². The second-order valence-corrected chi connectivity index (χ2v) is 4.44. The molecule has 0 radical (unpaired) electrons. The highest BCUT2D eigenvalue weighted by atomic mass is 32.1. The first kappa shape index (κ1) is 11.5. The zero-order valence-electron chi connectivity index (χ0n) is 9.01. The molecule has 16 heavy (non-hydrogen) atoms. The zero-order chi connectivity index (χ0) is 11.4. The molecule has 0 unspecified atom stereocenters. The standard InChI is InChI=1S/C12H13NOS2/c1-2-14-11-5-3-4-9(6-11)12-13-10(7-15)8-16-12/h3-6,8,15H,2,7H2,1H3. The highest BCUT2D eigenvalue weighted by Crippen LogP contribution is 2.27. The van der Waals surface area contributed by atoms with Crippen molar-refractivity contribution in [2.24, 2.45) is 0 Å². The minimum Gasteiger partial charge on any atom is -0.494 e. The van der Waals surface area contributed by atoms with Crippen molar-refractivity contribution in [3.05, 3.63) is 35.3 Å². The van der Waals surface area contributed by atoms with Crippen LogP contribution in [0.4, 0.5) is 0 Å². The van der Waals surface area contributed by atoms with Crippen molar-refractivity contribution < 1.29 is 4.74 Å². The van der Waals surface area contributed by atoms with E-state index in [1.807, 2.05) is 36.6 Å². The lowest BCUT2D eigenvalue weighted by molar-refractivity contribution is 0.340. The average molecular weight is 251 g/mol. The monoisotopic (exact) mass is 251 g/mol. The zero-order valence-corrected chi connectivity index (χ0v) is 10.7. The molecular formula is C12H13NOS2. The predicted octanol–water partition coefficient (Wildman–Crippen LogP) is 3.64. The molecule has 0 atom stereocenters. The molecule has 0 fully saturated rings. The molecule has 4 heteroatoms. The van der Waals surface area contributed by atoms with Crippen molar-refractivity contribution >= 4 is 24.0 Å². The van der Waals surface area contributed by atoms with Crippen LogP contribution in [0.25, 0.3) is 10.6 Å². The number of aromatic nitrogens is 1. The molecule has 84 valence electrons. The van der Waals surface area contributed by atoms with Crippen LogP contribution >= 0.6 is 24.0 Å². The first-order valence-electron chi connectivity index (χ1n) is 5.12. The fourth-order valence-electron chi connectivity index (χ4n) is 1.40. The van der Waals surface area contributed by atoms with E-state index in [-0.39, 0.29) is 0 Å². The van der Waals surface area contributed by atoms with Crippen molar-refractivity contribution in [1.29, 1.82) is 0 Å². The summed E-state index contributed by atoms with van der Waals surface area (Å²) in [7, 11) is 0. The van der Waals surface area contributed by atoms with E-state index in [0.717, 1.165) is 22.0 Å². The first-order valence-corrected chi connectivity index (χ1v) is 6.63. The Hall–Kier alpha value is -1.00. The predicted molar refractivity (Wildman–Crippen MR) is 71.4 cm³/mol. The maximum atomic E-state index is 5.46. The van der Waals surface area contributed by atoms with Crippen LogP contribution in [0, 0.1) is 0 Å². The maximum absolute atomic E-state index is 5.46. The largest absolute Gasteiger partial charge is 0.494 e. The molecule has 2 nitrogen and oxygen atoms in total. The quantitative estimate of drug-likeness (QED) is 0.838. The number of thiol groups is 1. The van der Waals surface area contributed by atoms with Gasteiger partial charge in [0.15, 0.2) is 0 Å². The fourth-order valence-corrected chi connectivity index (χ4v) is 2.50. The summed E-state index contributed by atoms with van der Waals surface area (Å²) < 4.78 is 5.46. The van der Waals surface area contributed by atoms with Gasteiger partial charge in [-0.05, 0) is 19.1 Å². The van der Waals surface area contributed by atoms with Crippen molar-refractivity contribution in [1.82, 2.24) is 4.98 Å². The topological polar surface area (TPSA) is 22.1 Å². The van der Waals surface area contributed by atoms with Crippen LogP contribution < -0.4 is 4.74 Å². The van der Waals surface area contributed by atoms with E-state index < -0.39 is 0 Å². The molecule has 2 aromatic rings. The highest BCUT2D eigenvalue weighted by Gasteiger charge is 2.04. The Labute approximate surface area is 105 Å². The Morgan fingerprint density at radius 1 is 1.44 bits per heavy atom. The third-order valence-corrected chi connectivity index (χ3v) is 3.37. The SMILES string of the molecule is CCOc1cccc(-c2nc(CS)cs2)c1. The minimum absolute atomic E-state index is 0.682. The Morgan fingerprint density at radius 2 is 2.31 bits per heavy atom. The lowest BCUT2D eigenvalue weighted by Gasteiger charge is -2.03. The van der Waals surface area contributed by atoms with E-state index in [9.17, 15) is 0 Å². The van der Waals surface area contributed by atoms with Gasteiger partial charge in [0.25, 0.3) is 0 Å². The van der Waals surface area contributed by atoms with Crippen molar-refractivity contribution in [3.63, 3.8) is 0 Å². The van der Waals surface area contributed by atoms with Gasteiger partial charge in [-0.1, -0.05) is 12.1 Å². The molecular weight excluding hydrogens is 238 g/mol. The van der Waals surface area contributed by atoms with E-state index in [4.69, 9.17) is 4.74 Å². The van der Waals surface area contributed by atoms with Crippen LogP contribution in [-0.4, -0.2) is 11.6 Å². The molecule has 0 amide bonds. The summed E-state index contributed by atoms with van der Waals surface area (Å²) >= 11 is 5.85. The number of ether oxygens (including phenoxy) is 1. The molecule has 1 heterocycles. The van der Waals surface area contributed by atoms with Crippen LogP contribution in [-0.2, 0) is 5.75 Å². The molecule has 0 aliphatic heterocycles. The number of thiazole rings is 1. The van der Waals surface area contributed by atoms with Crippen LogP contribution in [0.2, 0.25) is 0 Å². The highest BCUT2D eigenvalue weighted by molar-refractivity contribution is 7.79. The van der Waals surface area contributed by atoms with E-state index in [2.05, 4.69) is 17.6 Å². The number of nitrogens with zero attached hydrogens (tertiary/aromatic N) is 1. The molecule has 2 rings (SSSR count). The Kier molecular flexibility index (Phi) is 3.85. The fraction of sp³-hybridized carbons (Fsp3) is 0.250. The van der Waals surface area contributed by atoms with E-state index in [1.54, 1.807) is 11.3 Å². The summed E-state index contributed by atoms with van der Waals surface area (Å²) in [6.45, 7) is 2.66. The third-order valence-electron chi connectivity index (χ3n) is 2.11. The van der Waals surface area contributed by atoms with Crippen LogP contribution in [0.3, 0.4) is 0 Å². The molecule has 0 N–H and O–H groups in total. The van der Waals surface area contributed by atoms with Crippen LogP contribution in [0.15, 0.2) is 29.6 Å². The van der Waals surface area contributed by atoms with Gasteiger partial charge in [-0.2, -0.15) is 12.6 Å². The van der Waals surface area contributed by atoms with E-state index >= 15 is 0 Å². The second kappa shape index (κ2) is 5.37. The first-order chi connectivity index (χ1) is 7.83. The molecule has 0 bridgehead atoms. The third kappa shape index (κ3) is 2.57. The van der Waals surface area contributed by atoms with Crippen molar-refractivity contribution in [2.45, 2.75) is 12.7 Å². The van der Waals surface area contributed by atoms with Gasteiger partial charge in [0, 0.05) is 16.7 Å². The number of benzene rings is 1. The summed E-state index contributed by atoms with van der Waals surface area (Å²) in [5.41, 5.74) is 2.12. The van der Waals surface area contributed by atoms with E-state index in [0.29, 0.717) is 12.4 Å². The molecule has 0 spiro atoms. The number of hydrogen-bond acceptors (Lipinski definition) is 4. The van der Waals surface area contributed by atoms with Gasteiger partial charge in [-0.15, -0.1) is 11.3 Å². The average Bonchev–Trinajstić information content (AvgIpc) is 2.78.